The second-order valence-electron chi connectivity index (χ2n) is 2.08. The van der Waals surface area contributed by atoms with E-state index < -0.39 is 0 Å². The number of nitrogens with zero attached hydrogens (tertiary/aromatic N) is 2. The molecule has 3 nitrogen and oxygen atoms in total. The van der Waals surface area contributed by atoms with E-state index in [9.17, 15) is 0 Å². The van der Waals surface area contributed by atoms with Gasteiger partial charge in [0.15, 0.2) is 0 Å². The van der Waals surface area contributed by atoms with Gasteiger partial charge < -0.3 is 4.74 Å². The Balaban J connectivity index is 2.75. The molecule has 4 heteroatoms. The van der Waals surface area contributed by atoms with Crippen molar-refractivity contribution in [2.45, 2.75) is 6.92 Å². The molecule has 1 rings (SSSR count). The first-order valence-electron chi connectivity index (χ1n) is 3.53. The van der Waals surface area contributed by atoms with Gasteiger partial charge in [-0.25, -0.2) is 9.97 Å². The molecule has 0 aliphatic carbocycles. The first-order valence-corrected chi connectivity index (χ1v) is 4.33. The predicted octanol–water partition coefficient (Wildman–Crippen LogP) is 2.25. The fourth-order valence-electron chi connectivity index (χ4n) is 0.704. The van der Waals surface area contributed by atoms with Crippen molar-refractivity contribution in [2.75, 3.05) is 6.61 Å². The van der Waals surface area contributed by atoms with Crippen molar-refractivity contribution in [3.63, 3.8) is 0 Å². The lowest BCUT2D eigenvalue weighted by molar-refractivity contribution is 0.297. The Bertz CT molecular complexity index is 271. The van der Waals surface area contributed by atoms with Crippen molar-refractivity contribution in [2.24, 2.45) is 0 Å². The maximum absolute atomic E-state index is 5.16. The van der Waals surface area contributed by atoms with Gasteiger partial charge in [-0.1, -0.05) is 6.58 Å². The van der Waals surface area contributed by atoms with E-state index in [0.29, 0.717) is 22.7 Å². The molecule has 0 radical (unpaired) electrons. The molecule has 1 aromatic heterocycles. The van der Waals surface area contributed by atoms with Gasteiger partial charge in [-0.2, -0.15) is 0 Å². The molecule has 64 valence electrons. The van der Waals surface area contributed by atoms with Crippen LogP contribution in [0.15, 0.2) is 23.6 Å². The highest BCUT2D eigenvalue weighted by molar-refractivity contribution is 9.10. The molecule has 0 aliphatic rings. The molecule has 0 unspecified atom stereocenters. The van der Waals surface area contributed by atoms with Gasteiger partial charge in [-0.3, -0.25) is 0 Å². The lowest BCUT2D eigenvalue weighted by Gasteiger charge is -2.04. The van der Waals surface area contributed by atoms with Gasteiger partial charge >= 0.3 is 0 Å². The third-order valence-electron chi connectivity index (χ3n) is 1.22. The number of ether oxygens (including phenoxy) is 1. The number of aromatic nitrogens is 2. The number of hydrogen-bond acceptors (Lipinski definition) is 3. The summed E-state index contributed by atoms with van der Waals surface area (Å²) in [6.45, 7) is 6.20. The van der Waals surface area contributed by atoms with E-state index in [1.165, 1.54) is 0 Å². The molecule has 0 amide bonds. The van der Waals surface area contributed by atoms with E-state index in [4.69, 9.17) is 4.74 Å². The molecule has 0 aromatic carbocycles. The van der Waals surface area contributed by atoms with E-state index in [-0.39, 0.29) is 0 Å². The molecule has 0 saturated heterocycles. The summed E-state index contributed by atoms with van der Waals surface area (Å²) in [6.07, 6.45) is 3.22. The van der Waals surface area contributed by atoms with Crippen LogP contribution >= 0.6 is 15.9 Å². The van der Waals surface area contributed by atoms with Crippen molar-refractivity contribution in [1.29, 1.82) is 0 Å². The van der Waals surface area contributed by atoms with Crippen molar-refractivity contribution in [1.82, 2.24) is 9.97 Å². The minimum Gasteiger partial charge on any atom is -0.492 e. The summed E-state index contributed by atoms with van der Waals surface area (Å²) in [5, 5.41) is 0. The summed E-state index contributed by atoms with van der Waals surface area (Å²) in [7, 11) is 0. The van der Waals surface area contributed by atoms with Crippen molar-refractivity contribution in [3.05, 3.63) is 29.3 Å². The third kappa shape index (κ3) is 2.30. The molecule has 0 fully saturated rings. The van der Waals surface area contributed by atoms with Crippen LogP contribution in [0.2, 0.25) is 0 Å². The zero-order valence-corrected chi connectivity index (χ0v) is 8.34. The quantitative estimate of drug-likeness (QED) is 0.745. The predicted molar refractivity (Wildman–Crippen MR) is 50.4 cm³/mol. The van der Waals surface area contributed by atoms with Gasteiger partial charge in [-0.15, -0.1) is 0 Å². The van der Waals surface area contributed by atoms with E-state index >= 15 is 0 Å². The second kappa shape index (κ2) is 4.21. The Labute approximate surface area is 79.6 Å². The molecular formula is C8H9BrN2O. The second-order valence-corrected chi connectivity index (χ2v) is 2.89. The van der Waals surface area contributed by atoms with E-state index in [1.807, 2.05) is 6.92 Å². The first kappa shape index (κ1) is 9.19. The third-order valence-corrected chi connectivity index (χ3v) is 1.63. The first-order chi connectivity index (χ1) is 5.74. The highest BCUT2D eigenvalue weighted by Crippen LogP contribution is 2.10. The SMILES string of the molecule is C=C(OCC)c1cnc(Br)cn1. The fourth-order valence-corrected chi connectivity index (χ4v) is 0.909. The van der Waals surface area contributed by atoms with Gasteiger partial charge in [0.05, 0.1) is 19.0 Å². The fraction of sp³-hybridized carbons (Fsp3) is 0.250. The molecule has 12 heavy (non-hydrogen) atoms. The Kier molecular flexibility index (Phi) is 3.22. The van der Waals surface area contributed by atoms with Crippen LogP contribution < -0.4 is 0 Å². The molecule has 0 atom stereocenters. The average Bonchev–Trinajstić information content (AvgIpc) is 2.06. The van der Waals surface area contributed by atoms with Crippen molar-refractivity contribution >= 4 is 21.7 Å². The van der Waals surface area contributed by atoms with Crippen LogP contribution in [-0.4, -0.2) is 16.6 Å². The summed E-state index contributed by atoms with van der Waals surface area (Å²) >= 11 is 3.19. The highest BCUT2D eigenvalue weighted by atomic mass is 79.9. The van der Waals surface area contributed by atoms with E-state index in [1.54, 1.807) is 12.4 Å². The van der Waals surface area contributed by atoms with Gasteiger partial charge in [0.1, 0.15) is 16.1 Å². The van der Waals surface area contributed by atoms with Crippen LogP contribution in [-0.2, 0) is 4.74 Å². The zero-order chi connectivity index (χ0) is 8.97. The minimum absolute atomic E-state index is 0.553. The van der Waals surface area contributed by atoms with Crippen LogP contribution in [0, 0.1) is 0 Å². The maximum atomic E-state index is 5.16. The highest BCUT2D eigenvalue weighted by Gasteiger charge is 2.00. The van der Waals surface area contributed by atoms with Crippen molar-refractivity contribution < 1.29 is 4.74 Å². The lowest BCUT2D eigenvalue weighted by atomic mass is 10.4. The molecule has 1 aromatic rings. The van der Waals surface area contributed by atoms with Crippen molar-refractivity contribution in [3.8, 4) is 0 Å². The largest absolute Gasteiger partial charge is 0.492 e. The number of rotatable bonds is 3. The summed E-state index contributed by atoms with van der Waals surface area (Å²) in [5.41, 5.74) is 0.667. The molecule has 0 saturated carbocycles. The van der Waals surface area contributed by atoms with E-state index in [2.05, 4.69) is 32.5 Å². The van der Waals surface area contributed by atoms with Crippen LogP contribution in [0.5, 0.6) is 0 Å². The zero-order valence-electron chi connectivity index (χ0n) is 6.75. The lowest BCUT2D eigenvalue weighted by Crippen LogP contribution is -1.94. The molecule has 0 N–H and O–H groups in total. The Morgan fingerprint density at radius 2 is 2.33 bits per heavy atom. The van der Waals surface area contributed by atoms with Gasteiger partial charge in [-0.05, 0) is 22.9 Å². The Hall–Kier alpha value is -0.900. The number of hydrogen-bond donors (Lipinski definition) is 0. The van der Waals surface area contributed by atoms with Crippen LogP contribution in [0.4, 0.5) is 0 Å². The topological polar surface area (TPSA) is 35.0 Å². The standard InChI is InChI=1S/C8H9BrN2O/c1-3-12-6(2)7-4-11-8(9)5-10-7/h4-5H,2-3H2,1H3. The Morgan fingerprint density at radius 1 is 1.58 bits per heavy atom. The average molecular weight is 229 g/mol. The smallest absolute Gasteiger partial charge is 0.139 e. The van der Waals surface area contributed by atoms with Gasteiger partial charge in [0.2, 0.25) is 0 Å². The number of halogens is 1. The molecule has 0 aliphatic heterocycles. The monoisotopic (exact) mass is 228 g/mol. The molecule has 0 spiro atoms. The molecule has 0 bridgehead atoms. The molecular weight excluding hydrogens is 220 g/mol. The van der Waals surface area contributed by atoms with Gasteiger partial charge in [0.25, 0.3) is 0 Å². The van der Waals surface area contributed by atoms with Gasteiger partial charge in [0, 0.05) is 0 Å². The van der Waals surface area contributed by atoms with Crippen LogP contribution in [0.25, 0.3) is 5.76 Å². The van der Waals surface area contributed by atoms with Crippen LogP contribution in [0.3, 0.4) is 0 Å². The summed E-state index contributed by atoms with van der Waals surface area (Å²) in [4.78, 5) is 8.06. The summed E-state index contributed by atoms with van der Waals surface area (Å²) in [5.74, 6) is 0.553. The van der Waals surface area contributed by atoms with Crippen LogP contribution in [0.1, 0.15) is 12.6 Å². The maximum Gasteiger partial charge on any atom is 0.139 e. The Morgan fingerprint density at radius 3 is 2.83 bits per heavy atom. The normalized spacial score (nSPS) is 9.50. The summed E-state index contributed by atoms with van der Waals surface area (Å²) in [6, 6.07) is 0. The van der Waals surface area contributed by atoms with E-state index in [0.717, 1.165) is 0 Å². The molecule has 1 heterocycles. The minimum atomic E-state index is 0.553. The summed E-state index contributed by atoms with van der Waals surface area (Å²) < 4.78 is 5.86.